The second-order valence-corrected chi connectivity index (χ2v) is 7.01. The molecule has 1 aliphatic heterocycles. The Balaban J connectivity index is 1.84. The molecule has 1 saturated heterocycles. The van der Waals surface area contributed by atoms with Gasteiger partial charge in [0.2, 0.25) is 5.91 Å². The monoisotopic (exact) mass is 359 g/mol. The number of likely N-dealkylation sites (N-methyl/N-ethyl adjacent to an activating group) is 1. The van der Waals surface area contributed by atoms with Crippen LogP contribution in [0.4, 0.5) is 5.69 Å². The van der Waals surface area contributed by atoms with E-state index in [9.17, 15) is 4.79 Å². The Kier molecular flexibility index (Phi) is 7.91. The lowest BCUT2D eigenvalue weighted by Crippen LogP contribution is -2.42. The third-order valence-corrected chi connectivity index (χ3v) is 5.11. The van der Waals surface area contributed by atoms with E-state index in [1.807, 2.05) is 38.1 Å². The summed E-state index contributed by atoms with van der Waals surface area (Å²) in [6.07, 6.45) is 3.30. The maximum atomic E-state index is 12.0. The Morgan fingerprint density at radius 2 is 2.23 bits per heavy atom. The molecular weight excluding hydrogens is 326 g/mol. The van der Waals surface area contributed by atoms with E-state index in [0.717, 1.165) is 30.8 Å². The van der Waals surface area contributed by atoms with Crippen molar-refractivity contribution in [2.24, 2.45) is 16.6 Å². The number of amides is 1. The van der Waals surface area contributed by atoms with Gasteiger partial charge in [0.05, 0.1) is 6.54 Å². The van der Waals surface area contributed by atoms with Crippen LogP contribution in [0.15, 0.2) is 29.3 Å². The average Bonchev–Trinajstić information content (AvgIpc) is 3.11. The Morgan fingerprint density at radius 3 is 2.96 bits per heavy atom. The van der Waals surface area contributed by atoms with E-state index in [4.69, 9.17) is 5.73 Å². The molecule has 1 aromatic rings. The van der Waals surface area contributed by atoms with Gasteiger partial charge in [0.15, 0.2) is 5.96 Å². The van der Waals surface area contributed by atoms with Crippen LogP contribution >= 0.6 is 0 Å². The van der Waals surface area contributed by atoms with Gasteiger partial charge >= 0.3 is 0 Å². The lowest BCUT2D eigenvalue weighted by Gasteiger charge is -2.23. The molecule has 0 bridgehead atoms. The molecule has 0 spiro atoms. The summed E-state index contributed by atoms with van der Waals surface area (Å²) in [7, 11) is 0. The highest BCUT2D eigenvalue weighted by molar-refractivity contribution is 5.92. The number of hydrogen-bond acceptors (Lipinski definition) is 3. The van der Waals surface area contributed by atoms with Crippen molar-refractivity contribution in [3.8, 4) is 0 Å². The third kappa shape index (κ3) is 6.02. The van der Waals surface area contributed by atoms with E-state index in [2.05, 4.69) is 27.4 Å². The van der Waals surface area contributed by atoms with Crippen molar-refractivity contribution in [2.75, 3.05) is 25.0 Å². The Bertz CT molecular complexity index is 616. The number of hydrogen-bond donors (Lipinski definition) is 3. The molecule has 0 aliphatic carbocycles. The van der Waals surface area contributed by atoms with Gasteiger partial charge in [-0.15, -0.1) is 0 Å². The van der Waals surface area contributed by atoms with Crippen LogP contribution in [0.1, 0.15) is 45.6 Å². The summed E-state index contributed by atoms with van der Waals surface area (Å²) in [6.45, 7) is 9.73. The van der Waals surface area contributed by atoms with Gasteiger partial charge < -0.3 is 16.4 Å². The Labute approximate surface area is 157 Å². The number of nitrogens with one attached hydrogen (secondary N) is 2. The number of guanidine groups is 1. The van der Waals surface area contributed by atoms with Crippen molar-refractivity contribution in [1.29, 1.82) is 0 Å². The van der Waals surface area contributed by atoms with E-state index in [1.54, 1.807) is 0 Å². The summed E-state index contributed by atoms with van der Waals surface area (Å²) in [4.78, 5) is 18.9. The normalized spacial score (nSPS) is 19.3. The Morgan fingerprint density at radius 1 is 1.42 bits per heavy atom. The number of nitrogens with zero attached hydrogens (tertiary/aromatic N) is 2. The highest BCUT2D eigenvalue weighted by Gasteiger charge is 2.22. The first-order valence-corrected chi connectivity index (χ1v) is 9.71. The molecule has 1 fully saturated rings. The standard InChI is InChI=1S/C20H33N5O/c1-4-15(3)19(26)24-17-9-6-8-16(12-17)13-22-20(21)23-14-18-10-7-11-25(18)5-2/h6,8-9,12,15,18H,4-5,7,10-11,13-14H2,1-3H3,(H,24,26)(H3,21,22,23). The Hall–Kier alpha value is -2.08. The fourth-order valence-corrected chi connectivity index (χ4v) is 3.20. The quantitative estimate of drug-likeness (QED) is 0.492. The first-order valence-electron chi connectivity index (χ1n) is 9.71. The summed E-state index contributed by atoms with van der Waals surface area (Å²) in [5.74, 6) is 0.531. The van der Waals surface area contributed by atoms with Crippen LogP contribution in [0, 0.1) is 5.92 Å². The van der Waals surface area contributed by atoms with Crippen molar-refractivity contribution in [3.63, 3.8) is 0 Å². The molecule has 1 aromatic carbocycles. The zero-order valence-electron chi connectivity index (χ0n) is 16.3. The molecule has 6 nitrogen and oxygen atoms in total. The third-order valence-electron chi connectivity index (χ3n) is 5.11. The van der Waals surface area contributed by atoms with Gasteiger partial charge in [-0.05, 0) is 50.0 Å². The van der Waals surface area contributed by atoms with E-state index in [1.165, 1.54) is 19.4 Å². The molecule has 0 radical (unpaired) electrons. The first-order chi connectivity index (χ1) is 12.5. The molecule has 2 rings (SSSR count). The second-order valence-electron chi connectivity index (χ2n) is 7.01. The minimum atomic E-state index is 0.00907. The van der Waals surface area contributed by atoms with E-state index < -0.39 is 0 Å². The average molecular weight is 360 g/mol. The maximum absolute atomic E-state index is 12.0. The zero-order chi connectivity index (χ0) is 18.9. The molecule has 0 aromatic heterocycles. The van der Waals surface area contributed by atoms with Crippen molar-refractivity contribution >= 4 is 17.6 Å². The van der Waals surface area contributed by atoms with Crippen molar-refractivity contribution in [3.05, 3.63) is 29.8 Å². The minimum absolute atomic E-state index is 0.00907. The van der Waals surface area contributed by atoms with Gasteiger partial charge in [0.1, 0.15) is 0 Å². The summed E-state index contributed by atoms with van der Waals surface area (Å²) in [6, 6.07) is 8.32. The largest absolute Gasteiger partial charge is 0.370 e. The number of benzene rings is 1. The molecule has 1 aliphatic rings. The molecule has 6 heteroatoms. The maximum Gasteiger partial charge on any atom is 0.227 e. The molecule has 4 N–H and O–H groups in total. The van der Waals surface area contributed by atoms with E-state index in [-0.39, 0.29) is 11.8 Å². The summed E-state index contributed by atoms with van der Waals surface area (Å²) < 4.78 is 0. The fourth-order valence-electron chi connectivity index (χ4n) is 3.20. The van der Waals surface area contributed by atoms with E-state index in [0.29, 0.717) is 18.5 Å². The fraction of sp³-hybridized carbons (Fsp3) is 0.600. The van der Waals surface area contributed by atoms with Crippen LogP contribution in [0.2, 0.25) is 0 Å². The summed E-state index contributed by atoms with van der Waals surface area (Å²) in [5.41, 5.74) is 7.84. The van der Waals surface area contributed by atoms with Gasteiger partial charge in [0, 0.05) is 24.2 Å². The SMILES string of the molecule is CCC(C)C(=O)Nc1cccc(CN=C(N)NCC2CCCN2CC)c1. The molecule has 1 amide bonds. The number of likely N-dealkylation sites (tertiary alicyclic amines) is 1. The van der Waals surface area contributed by atoms with E-state index >= 15 is 0 Å². The topological polar surface area (TPSA) is 82.8 Å². The molecular formula is C20H33N5O. The van der Waals surface area contributed by atoms with Crippen LogP contribution in [0.5, 0.6) is 0 Å². The molecule has 2 atom stereocenters. The number of carbonyl (C=O) groups excluding carboxylic acids is 1. The molecule has 1 heterocycles. The second kappa shape index (κ2) is 10.2. The van der Waals surface area contributed by atoms with Gasteiger partial charge in [-0.25, -0.2) is 4.99 Å². The molecule has 144 valence electrons. The number of anilines is 1. The minimum Gasteiger partial charge on any atom is -0.370 e. The first kappa shape index (κ1) is 20.2. The highest BCUT2D eigenvalue weighted by Crippen LogP contribution is 2.16. The predicted octanol–water partition coefficient (Wildman–Crippen LogP) is 2.56. The van der Waals surface area contributed by atoms with Gasteiger partial charge in [-0.1, -0.05) is 32.9 Å². The number of aliphatic imine (C=N–C) groups is 1. The smallest absolute Gasteiger partial charge is 0.227 e. The van der Waals surface area contributed by atoms with Crippen molar-refractivity contribution < 1.29 is 4.79 Å². The lowest BCUT2D eigenvalue weighted by molar-refractivity contribution is -0.119. The molecule has 2 unspecified atom stereocenters. The van der Waals surface area contributed by atoms with Crippen LogP contribution in [-0.2, 0) is 11.3 Å². The van der Waals surface area contributed by atoms with Gasteiger partial charge in [0.25, 0.3) is 0 Å². The van der Waals surface area contributed by atoms with Crippen LogP contribution in [0.3, 0.4) is 0 Å². The molecule has 26 heavy (non-hydrogen) atoms. The van der Waals surface area contributed by atoms with Gasteiger partial charge in [-0.3, -0.25) is 9.69 Å². The summed E-state index contributed by atoms with van der Waals surface area (Å²) in [5, 5.41) is 6.20. The van der Waals surface area contributed by atoms with Crippen LogP contribution in [0.25, 0.3) is 0 Å². The van der Waals surface area contributed by atoms with Crippen LogP contribution in [-0.4, -0.2) is 42.4 Å². The number of rotatable bonds is 8. The highest BCUT2D eigenvalue weighted by atomic mass is 16.1. The zero-order valence-corrected chi connectivity index (χ0v) is 16.3. The van der Waals surface area contributed by atoms with Crippen molar-refractivity contribution in [2.45, 2.75) is 52.6 Å². The summed E-state index contributed by atoms with van der Waals surface area (Å²) >= 11 is 0. The lowest BCUT2D eigenvalue weighted by atomic mass is 10.1. The number of nitrogens with two attached hydrogens (primary N) is 1. The van der Waals surface area contributed by atoms with Crippen LogP contribution < -0.4 is 16.4 Å². The van der Waals surface area contributed by atoms with Crippen molar-refractivity contribution in [1.82, 2.24) is 10.2 Å². The van der Waals surface area contributed by atoms with Gasteiger partial charge in [-0.2, -0.15) is 0 Å². The predicted molar refractivity (Wildman–Crippen MR) is 108 cm³/mol. The molecule has 0 saturated carbocycles. The number of carbonyl (C=O) groups is 1.